The van der Waals surface area contributed by atoms with Crippen LogP contribution in [0.25, 0.3) is 27.7 Å². The number of ketones is 1. The number of alkyl halides is 4. The van der Waals surface area contributed by atoms with Crippen molar-refractivity contribution in [3.8, 4) is 11.1 Å². The number of amides is 2. The quantitative estimate of drug-likeness (QED) is 0.0678. The Morgan fingerprint density at radius 2 is 1.77 bits per heavy atom. The minimum Gasteiger partial charge on any atom is -0.337 e. The van der Waals surface area contributed by atoms with E-state index in [1.54, 1.807) is 22.2 Å². The Labute approximate surface area is 285 Å². The molecule has 1 aliphatic rings. The Hall–Kier alpha value is -4.41. The van der Waals surface area contributed by atoms with Gasteiger partial charge in [-0.1, -0.05) is 29.5 Å². The van der Waals surface area contributed by atoms with Gasteiger partial charge in [-0.15, -0.1) is 0 Å². The number of carbonyl (C=O) groups excluding carboxylic acids is 3. The maximum atomic E-state index is 14.4. The monoisotopic (exact) mass is 775 g/mol. The second-order valence-corrected chi connectivity index (χ2v) is 13.4. The summed E-state index contributed by atoms with van der Waals surface area (Å²) >= 11 is 2.07. The summed E-state index contributed by atoms with van der Waals surface area (Å²) in [5, 5.41) is 7.38. The van der Waals surface area contributed by atoms with Crippen LogP contribution in [-0.4, -0.2) is 56.7 Å². The number of anilines is 1. The lowest BCUT2D eigenvalue weighted by atomic mass is 9.99. The first-order chi connectivity index (χ1) is 22.5. The van der Waals surface area contributed by atoms with Crippen LogP contribution in [0, 0.1) is 32.5 Å². The van der Waals surface area contributed by atoms with Gasteiger partial charge in [-0.3, -0.25) is 14.4 Å². The number of nitrogens with one attached hydrogen (secondary N) is 1. The summed E-state index contributed by atoms with van der Waals surface area (Å²) in [4.78, 5) is 49.5. The van der Waals surface area contributed by atoms with Gasteiger partial charge in [-0.25, -0.2) is 18.9 Å². The second kappa shape index (κ2) is 12.2. The predicted octanol–water partition coefficient (Wildman–Crippen LogP) is 6.67. The molecule has 0 unspecified atom stereocenters. The third-order valence-corrected chi connectivity index (χ3v) is 10.4. The van der Waals surface area contributed by atoms with E-state index < -0.39 is 45.4 Å². The van der Waals surface area contributed by atoms with Gasteiger partial charge >= 0.3 is 6.18 Å². The largest absolute Gasteiger partial charge is 0.433 e. The van der Waals surface area contributed by atoms with Gasteiger partial charge in [0.25, 0.3) is 0 Å². The van der Waals surface area contributed by atoms with Crippen LogP contribution in [0.1, 0.15) is 53.3 Å². The number of carbonyl (C=O) groups is 3. The molecule has 250 valence electrons. The zero-order valence-corrected chi connectivity index (χ0v) is 28.6. The average Bonchev–Trinajstić information content (AvgIpc) is 3.66. The molecule has 6 rings (SSSR count). The summed E-state index contributed by atoms with van der Waals surface area (Å²) in [5.41, 5.74) is 2.56. The molecular formula is C33H30F4IN7O3. The molecule has 3 atom stereocenters. The Morgan fingerprint density at radius 3 is 2.46 bits per heavy atom. The van der Waals surface area contributed by atoms with Crippen LogP contribution in [0.15, 0.2) is 42.7 Å². The van der Waals surface area contributed by atoms with Crippen LogP contribution in [0.2, 0.25) is 0 Å². The standard InChI is InChI=1S/C33H30F4IN7O3/c1-15-8-21(20-6-7-27-39-19(5)42-44(27)12-20)10-22-23(18(4)46)13-43(29(15)22)14-28(47)45-25(9-16(2)30(45)38)32(48)41-31-17(3)24(34)11-26(40-31)33(35,36)37/h6-8,10-13,16,25,30H,9,14H2,1-5H3,(H,40,41,48)/t16-,25-,30-/m0/s1. The van der Waals surface area contributed by atoms with Gasteiger partial charge in [0.15, 0.2) is 11.4 Å². The highest BCUT2D eigenvalue weighted by Crippen LogP contribution is 2.37. The summed E-state index contributed by atoms with van der Waals surface area (Å²) in [6, 6.07) is 6.85. The molecule has 4 aromatic heterocycles. The van der Waals surface area contributed by atoms with Crippen LogP contribution in [-0.2, 0) is 22.3 Å². The van der Waals surface area contributed by atoms with Gasteiger partial charge in [-0.2, -0.15) is 18.3 Å². The molecule has 15 heteroatoms. The van der Waals surface area contributed by atoms with E-state index in [0.717, 1.165) is 16.7 Å². The smallest absolute Gasteiger partial charge is 0.337 e. The molecular weight excluding hydrogens is 745 g/mol. The maximum Gasteiger partial charge on any atom is 0.433 e. The molecule has 5 heterocycles. The molecule has 1 aromatic carbocycles. The first-order valence-corrected chi connectivity index (χ1v) is 16.3. The Morgan fingerprint density at radius 1 is 1.04 bits per heavy atom. The van der Waals surface area contributed by atoms with Crippen LogP contribution < -0.4 is 5.32 Å². The summed E-state index contributed by atoms with van der Waals surface area (Å²) in [6.45, 7) is 8.00. The number of fused-ring (bicyclic) bond motifs is 2. The number of benzene rings is 1. The summed E-state index contributed by atoms with van der Waals surface area (Å²) < 4.78 is 57.3. The second-order valence-electron chi connectivity index (χ2n) is 12.1. The Bertz CT molecular complexity index is 2140. The van der Waals surface area contributed by atoms with E-state index in [1.165, 1.54) is 18.7 Å². The van der Waals surface area contributed by atoms with Crippen LogP contribution in [0.5, 0.6) is 0 Å². The highest BCUT2D eigenvalue weighted by Gasteiger charge is 2.44. The van der Waals surface area contributed by atoms with Gasteiger partial charge in [0.2, 0.25) is 11.8 Å². The molecule has 1 aliphatic heterocycles. The highest BCUT2D eigenvalue weighted by atomic mass is 127. The molecule has 1 N–H and O–H groups in total. The van der Waals surface area contributed by atoms with Crippen molar-refractivity contribution in [1.29, 1.82) is 0 Å². The van der Waals surface area contributed by atoms with Crippen LogP contribution in [0.3, 0.4) is 0 Å². The Kier molecular flexibility index (Phi) is 8.54. The SMILES string of the molecule is CC(=O)c1cn(CC(=O)N2[C@H](I)[C@@H](C)C[C@H]2C(=O)Nc2nc(C(F)(F)F)cc(F)c2C)c2c(C)cc(-c3ccc4nc(C)nn4c3)cc12. The van der Waals surface area contributed by atoms with Crippen molar-refractivity contribution in [3.63, 3.8) is 0 Å². The number of hydrogen-bond acceptors (Lipinski definition) is 6. The number of rotatable bonds is 6. The lowest BCUT2D eigenvalue weighted by Crippen LogP contribution is -2.47. The normalized spacial score (nSPS) is 18.2. The lowest BCUT2D eigenvalue weighted by Gasteiger charge is -2.28. The molecule has 1 fully saturated rings. The topological polar surface area (TPSA) is 114 Å². The van der Waals surface area contributed by atoms with E-state index in [1.807, 2.05) is 44.3 Å². The maximum absolute atomic E-state index is 14.4. The fourth-order valence-corrected chi connectivity index (χ4v) is 7.23. The summed E-state index contributed by atoms with van der Waals surface area (Å²) in [7, 11) is 0. The molecule has 0 spiro atoms. The molecule has 5 aromatic rings. The molecule has 48 heavy (non-hydrogen) atoms. The Balaban J connectivity index is 1.32. The van der Waals surface area contributed by atoms with Crippen molar-refractivity contribution >= 4 is 62.6 Å². The van der Waals surface area contributed by atoms with Crippen molar-refractivity contribution in [2.75, 3.05) is 5.32 Å². The molecule has 1 saturated heterocycles. The third kappa shape index (κ3) is 6.03. The molecule has 0 saturated carbocycles. The molecule has 10 nitrogen and oxygen atoms in total. The van der Waals surface area contributed by atoms with Crippen LogP contribution in [0.4, 0.5) is 23.4 Å². The van der Waals surface area contributed by atoms with E-state index in [2.05, 4.69) is 43.0 Å². The van der Waals surface area contributed by atoms with Gasteiger partial charge in [-0.05, 0) is 75.4 Å². The van der Waals surface area contributed by atoms with Crippen molar-refractivity contribution in [3.05, 3.63) is 76.8 Å². The number of Topliss-reactive ketones (excluding diaryl/α,β-unsaturated/α-hetero) is 1. The minimum atomic E-state index is -4.92. The number of pyridine rings is 2. The van der Waals surface area contributed by atoms with Crippen LogP contribution >= 0.6 is 22.6 Å². The van der Waals surface area contributed by atoms with Gasteiger partial charge in [0.1, 0.15) is 35.7 Å². The van der Waals surface area contributed by atoms with E-state index in [9.17, 15) is 31.9 Å². The number of halogens is 5. The number of likely N-dealkylation sites (tertiary alicyclic amines) is 1. The number of aryl methyl sites for hydroxylation is 2. The first kappa shape index (κ1) is 33.5. The number of hydrogen-bond donors (Lipinski definition) is 1. The van der Waals surface area contributed by atoms with Crippen molar-refractivity contribution < 1.29 is 31.9 Å². The molecule has 0 aliphatic carbocycles. The number of aromatic nitrogens is 5. The molecule has 0 bridgehead atoms. The minimum absolute atomic E-state index is 0.137. The van der Waals surface area contributed by atoms with E-state index in [-0.39, 0.29) is 36.3 Å². The predicted molar refractivity (Wildman–Crippen MR) is 178 cm³/mol. The van der Waals surface area contributed by atoms with Crippen molar-refractivity contribution in [2.24, 2.45) is 5.92 Å². The fourth-order valence-electron chi connectivity index (χ4n) is 6.23. The van der Waals surface area contributed by atoms with Crippen molar-refractivity contribution in [1.82, 2.24) is 29.0 Å². The van der Waals surface area contributed by atoms with E-state index in [4.69, 9.17) is 0 Å². The molecule has 0 radical (unpaired) electrons. The summed E-state index contributed by atoms with van der Waals surface area (Å²) in [5.74, 6) is -2.62. The van der Waals surface area contributed by atoms with Gasteiger partial charge < -0.3 is 14.8 Å². The zero-order valence-electron chi connectivity index (χ0n) is 26.5. The van der Waals surface area contributed by atoms with Crippen molar-refractivity contribution in [2.45, 2.75) is 63.9 Å². The molecule has 2 amide bonds. The fraction of sp³-hybridized carbons (Fsp3) is 0.333. The van der Waals surface area contributed by atoms with Gasteiger partial charge in [0, 0.05) is 40.5 Å². The average molecular weight is 776 g/mol. The number of nitrogens with zero attached hydrogens (tertiary/aromatic N) is 6. The summed E-state index contributed by atoms with van der Waals surface area (Å²) in [6.07, 6.45) is -1.21. The van der Waals surface area contributed by atoms with Gasteiger partial charge in [0.05, 0.1) is 9.57 Å². The van der Waals surface area contributed by atoms with E-state index >= 15 is 0 Å². The highest BCUT2D eigenvalue weighted by molar-refractivity contribution is 14.1. The zero-order chi connectivity index (χ0) is 34.8. The van der Waals surface area contributed by atoms with E-state index in [0.29, 0.717) is 27.9 Å². The lowest BCUT2D eigenvalue weighted by molar-refractivity contribution is -0.141. The third-order valence-electron chi connectivity index (χ3n) is 8.62. The first-order valence-electron chi connectivity index (χ1n) is 15.0.